The van der Waals surface area contributed by atoms with Gasteiger partial charge in [0.15, 0.2) is 0 Å². The highest BCUT2D eigenvalue weighted by atomic mass is 16.5. The maximum absolute atomic E-state index is 13.1. The summed E-state index contributed by atoms with van der Waals surface area (Å²) in [5.41, 5.74) is 2.99. The molecule has 1 fully saturated rings. The van der Waals surface area contributed by atoms with Crippen molar-refractivity contribution >= 4 is 5.91 Å². The van der Waals surface area contributed by atoms with Crippen LogP contribution < -0.4 is 9.47 Å². The van der Waals surface area contributed by atoms with Gasteiger partial charge in [-0.3, -0.25) is 14.8 Å². The summed E-state index contributed by atoms with van der Waals surface area (Å²) in [6.45, 7) is 4.75. The molecule has 0 bridgehead atoms. The third-order valence-electron chi connectivity index (χ3n) is 6.55. The molecule has 0 saturated carbocycles. The van der Waals surface area contributed by atoms with Crippen LogP contribution >= 0.6 is 0 Å². The van der Waals surface area contributed by atoms with Gasteiger partial charge in [-0.05, 0) is 24.3 Å². The SMILES string of the molecule is COc1ccc(OC)c(-c2cc(C(=O)N3CCN(CCn4ccnc4-c4ccccc4)CC3)[nH]n2)c1. The van der Waals surface area contributed by atoms with Crippen LogP contribution in [0.1, 0.15) is 10.5 Å². The summed E-state index contributed by atoms with van der Waals surface area (Å²) in [5, 5.41) is 7.27. The van der Waals surface area contributed by atoms with Crippen molar-refractivity contribution in [3.63, 3.8) is 0 Å². The number of H-pyrrole nitrogens is 1. The van der Waals surface area contributed by atoms with Gasteiger partial charge in [-0.1, -0.05) is 30.3 Å². The number of aromatic amines is 1. The fourth-order valence-electron chi connectivity index (χ4n) is 4.51. The Kier molecular flexibility index (Phi) is 6.99. The van der Waals surface area contributed by atoms with E-state index < -0.39 is 0 Å². The van der Waals surface area contributed by atoms with E-state index in [0.717, 1.165) is 43.1 Å². The normalized spacial score (nSPS) is 14.1. The Labute approximate surface area is 210 Å². The summed E-state index contributed by atoms with van der Waals surface area (Å²) in [4.78, 5) is 21.9. The average Bonchev–Trinajstić information content (AvgIpc) is 3.62. The second kappa shape index (κ2) is 10.7. The third kappa shape index (κ3) is 4.96. The summed E-state index contributed by atoms with van der Waals surface area (Å²) in [6.07, 6.45) is 3.87. The van der Waals surface area contributed by atoms with E-state index in [9.17, 15) is 4.79 Å². The standard InChI is InChI=1S/C27H30N6O3/c1-35-21-8-9-25(36-2)22(18-21)23-19-24(30-29-23)27(34)33-16-13-31(14-17-33)12-15-32-11-10-28-26(32)20-6-4-3-5-7-20/h3-11,18-19H,12-17H2,1-2H3,(H,29,30). The molecule has 0 aliphatic carbocycles. The predicted molar refractivity (Wildman–Crippen MR) is 137 cm³/mol. The molecule has 186 valence electrons. The van der Waals surface area contributed by atoms with Gasteiger partial charge in [-0.2, -0.15) is 5.10 Å². The van der Waals surface area contributed by atoms with Crippen molar-refractivity contribution in [1.82, 2.24) is 29.5 Å². The van der Waals surface area contributed by atoms with E-state index in [1.807, 2.05) is 53.7 Å². The zero-order chi connectivity index (χ0) is 24.9. The lowest BCUT2D eigenvalue weighted by atomic mass is 10.1. The minimum Gasteiger partial charge on any atom is -0.497 e. The highest BCUT2D eigenvalue weighted by Gasteiger charge is 2.24. The minimum absolute atomic E-state index is 0.0452. The van der Waals surface area contributed by atoms with Gasteiger partial charge in [0.1, 0.15) is 23.0 Å². The van der Waals surface area contributed by atoms with Crippen LogP contribution in [0.3, 0.4) is 0 Å². The molecular weight excluding hydrogens is 456 g/mol. The largest absolute Gasteiger partial charge is 0.497 e. The van der Waals surface area contributed by atoms with Gasteiger partial charge in [0.05, 0.1) is 19.9 Å². The van der Waals surface area contributed by atoms with Gasteiger partial charge in [0.2, 0.25) is 0 Å². The number of piperazine rings is 1. The Morgan fingerprint density at radius 1 is 0.972 bits per heavy atom. The first-order valence-corrected chi connectivity index (χ1v) is 12.0. The Hall–Kier alpha value is -4.11. The van der Waals surface area contributed by atoms with Crippen molar-refractivity contribution in [3.8, 4) is 34.1 Å². The molecule has 2 aromatic heterocycles. The number of rotatable bonds is 8. The molecule has 4 aromatic rings. The fourth-order valence-corrected chi connectivity index (χ4v) is 4.51. The second-order valence-electron chi connectivity index (χ2n) is 8.68. The quantitative estimate of drug-likeness (QED) is 0.411. The third-order valence-corrected chi connectivity index (χ3v) is 6.55. The molecule has 9 heteroatoms. The summed E-state index contributed by atoms with van der Waals surface area (Å²) < 4.78 is 13.0. The monoisotopic (exact) mass is 486 g/mol. The van der Waals surface area contributed by atoms with Crippen LogP contribution in [0.5, 0.6) is 11.5 Å². The molecule has 3 heterocycles. The maximum atomic E-state index is 13.1. The van der Waals surface area contributed by atoms with Crippen molar-refractivity contribution in [2.75, 3.05) is 46.9 Å². The molecule has 1 N–H and O–H groups in total. The van der Waals surface area contributed by atoms with E-state index in [4.69, 9.17) is 9.47 Å². The average molecular weight is 487 g/mol. The number of hydrogen-bond donors (Lipinski definition) is 1. The molecule has 0 atom stereocenters. The summed E-state index contributed by atoms with van der Waals surface area (Å²) in [6, 6.07) is 17.5. The number of benzene rings is 2. The lowest BCUT2D eigenvalue weighted by Gasteiger charge is -2.34. The summed E-state index contributed by atoms with van der Waals surface area (Å²) in [7, 11) is 3.22. The number of ether oxygens (including phenoxy) is 2. The van der Waals surface area contributed by atoms with Crippen LogP contribution in [-0.2, 0) is 6.54 Å². The summed E-state index contributed by atoms with van der Waals surface area (Å²) >= 11 is 0. The first kappa shape index (κ1) is 23.6. The van der Waals surface area contributed by atoms with E-state index in [1.165, 1.54) is 0 Å². The van der Waals surface area contributed by atoms with Gasteiger partial charge in [0, 0.05) is 62.8 Å². The predicted octanol–water partition coefficient (Wildman–Crippen LogP) is 3.42. The van der Waals surface area contributed by atoms with Gasteiger partial charge in [0.25, 0.3) is 5.91 Å². The van der Waals surface area contributed by atoms with Crippen LogP contribution in [0.15, 0.2) is 67.0 Å². The maximum Gasteiger partial charge on any atom is 0.271 e. The first-order valence-electron chi connectivity index (χ1n) is 12.0. The van der Waals surface area contributed by atoms with Crippen LogP contribution in [0.25, 0.3) is 22.6 Å². The van der Waals surface area contributed by atoms with Crippen molar-refractivity contribution < 1.29 is 14.3 Å². The molecule has 0 spiro atoms. The van der Waals surface area contributed by atoms with Crippen LogP contribution in [0.4, 0.5) is 0 Å². The highest BCUT2D eigenvalue weighted by molar-refractivity contribution is 5.93. The molecule has 0 unspecified atom stereocenters. The van der Waals surface area contributed by atoms with E-state index in [0.29, 0.717) is 36.0 Å². The molecule has 0 radical (unpaired) electrons. The zero-order valence-electron chi connectivity index (χ0n) is 20.6. The molecule has 5 rings (SSSR count). The number of carbonyl (C=O) groups is 1. The van der Waals surface area contributed by atoms with Crippen LogP contribution in [0.2, 0.25) is 0 Å². The van der Waals surface area contributed by atoms with E-state index >= 15 is 0 Å². The van der Waals surface area contributed by atoms with Gasteiger partial charge < -0.3 is 18.9 Å². The van der Waals surface area contributed by atoms with Crippen molar-refractivity contribution in [2.45, 2.75) is 6.54 Å². The number of imidazole rings is 1. The van der Waals surface area contributed by atoms with Crippen molar-refractivity contribution in [2.24, 2.45) is 0 Å². The lowest BCUT2D eigenvalue weighted by molar-refractivity contribution is 0.0627. The fraction of sp³-hybridized carbons (Fsp3) is 0.296. The Bertz CT molecular complexity index is 1310. The number of amides is 1. The number of aromatic nitrogens is 4. The molecule has 9 nitrogen and oxygen atoms in total. The van der Waals surface area contributed by atoms with Gasteiger partial charge in [-0.25, -0.2) is 4.98 Å². The Morgan fingerprint density at radius 3 is 2.53 bits per heavy atom. The lowest BCUT2D eigenvalue weighted by Crippen LogP contribution is -2.49. The molecule has 1 saturated heterocycles. The molecule has 2 aromatic carbocycles. The van der Waals surface area contributed by atoms with E-state index in [1.54, 1.807) is 20.3 Å². The van der Waals surface area contributed by atoms with E-state index in [-0.39, 0.29) is 5.91 Å². The van der Waals surface area contributed by atoms with Gasteiger partial charge >= 0.3 is 0 Å². The molecule has 1 aliphatic rings. The second-order valence-corrected chi connectivity index (χ2v) is 8.68. The van der Waals surface area contributed by atoms with Gasteiger partial charge in [-0.15, -0.1) is 0 Å². The highest BCUT2D eigenvalue weighted by Crippen LogP contribution is 2.32. The molecule has 1 aliphatic heterocycles. The van der Waals surface area contributed by atoms with E-state index in [2.05, 4.69) is 36.8 Å². The van der Waals surface area contributed by atoms with Crippen LogP contribution in [0, 0.1) is 0 Å². The molecule has 36 heavy (non-hydrogen) atoms. The van der Waals surface area contributed by atoms with Crippen molar-refractivity contribution in [3.05, 3.63) is 72.7 Å². The smallest absolute Gasteiger partial charge is 0.271 e. The van der Waals surface area contributed by atoms with Crippen LogP contribution in [-0.4, -0.2) is 82.4 Å². The number of methoxy groups -OCH3 is 2. The zero-order valence-corrected chi connectivity index (χ0v) is 20.6. The topological polar surface area (TPSA) is 88.5 Å². The molecule has 1 amide bonds. The number of hydrogen-bond acceptors (Lipinski definition) is 6. The number of nitrogens with zero attached hydrogens (tertiary/aromatic N) is 5. The van der Waals surface area contributed by atoms with Crippen molar-refractivity contribution in [1.29, 1.82) is 0 Å². The first-order chi connectivity index (χ1) is 17.7. The Morgan fingerprint density at radius 2 is 1.78 bits per heavy atom. The number of carbonyl (C=O) groups excluding carboxylic acids is 1. The number of nitrogens with one attached hydrogen (secondary N) is 1. The Balaban J connectivity index is 1.18. The minimum atomic E-state index is -0.0452. The molecular formula is C27H30N6O3. The summed E-state index contributed by atoms with van der Waals surface area (Å²) in [5.74, 6) is 2.30.